The lowest BCUT2D eigenvalue weighted by molar-refractivity contribution is 0.0686. The Hall–Kier alpha value is -2.01. The van der Waals surface area contributed by atoms with Crippen molar-refractivity contribution in [2.75, 3.05) is 7.11 Å². The molecule has 0 aliphatic rings. The maximum atomic E-state index is 10.7. The minimum atomic E-state index is -1.15. The van der Waals surface area contributed by atoms with Crippen LogP contribution in [0.25, 0.3) is 11.3 Å². The number of nitrogens with zero attached hydrogens (tertiary/aromatic N) is 1. The SMILES string of the molecule is COc1cc(C)cc(-c2cc(C(=O)O)no2)c1Cl. The van der Waals surface area contributed by atoms with E-state index in [1.807, 2.05) is 6.92 Å². The highest BCUT2D eigenvalue weighted by Crippen LogP contribution is 2.36. The van der Waals surface area contributed by atoms with Crippen molar-refractivity contribution in [2.45, 2.75) is 6.92 Å². The molecule has 0 saturated carbocycles. The first-order valence-electron chi connectivity index (χ1n) is 5.07. The molecule has 18 heavy (non-hydrogen) atoms. The van der Waals surface area contributed by atoms with Gasteiger partial charge in [0.15, 0.2) is 11.5 Å². The van der Waals surface area contributed by atoms with Crippen molar-refractivity contribution in [3.8, 4) is 17.1 Å². The van der Waals surface area contributed by atoms with Crippen LogP contribution < -0.4 is 4.74 Å². The Kier molecular flexibility index (Phi) is 3.25. The molecule has 0 aliphatic heterocycles. The summed E-state index contributed by atoms with van der Waals surface area (Å²) in [7, 11) is 1.51. The molecule has 0 spiro atoms. The number of benzene rings is 1. The molecule has 2 aromatic rings. The minimum Gasteiger partial charge on any atom is -0.495 e. The Morgan fingerprint density at radius 1 is 1.44 bits per heavy atom. The minimum absolute atomic E-state index is 0.165. The van der Waals surface area contributed by atoms with Gasteiger partial charge in [-0.3, -0.25) is 0 Å². The zero-order chi connectivity index (χ0) is 13.3. The predicted molar refractivity (Wildman–Crippen MR) is 65.2 cm³/mol. The average molecular weight is 268 g/mol. The summed E-state index contributed by atoms with van der Waals surface area (Å²) in [5, 5.41) is 12.6. The second kappa shape index (κ2) is 4.70. The van der Waals surface area contributed by atoms with E-state index in [1.165, 1.54) is 13.2 Å². The number of carboxylic acids is 1. The van der Waals surface area contributed by atoms with Gasteiger partial charge in [0.05, 0.1) is 12.1 Å². The van der Waals surface area contributed by atoms with Crippen LogP contribution in [-0.2, 0) is 0 Å². The van der Waals surface area contributed by atoms with Gasteiger partial charge in [0.2, 0.25) is 0 Å². The highest BCUT2D eigenvalue weighted by Gasteiger charge is 2.17. The molecular formula is C12H10ClNO4. The van der Waals surface area contributed by atoms with E-state index in [-0.39, 0.29) is 5.69 Å². The summed E-state index contributed by atoms with van der Waals surface area (Å²) in [5.41, 5.74) is 1.30. The summed E-state index contributed by atoms with van der Waals surface area (Å²) in [6.07, 6.45) is 0. The van der Waals surface area contributed by atoms with Crippen molar-refractivity contribution in [3.05, 3.63) is 34.5 Å². The first-order chi connectivity index (χ1) is 8.52. The summed E-state index contributed by atoms with van der Waals surface area (Å²) < 4.78 is 10.1. The Balaban J connectivity index is 2.55. The standard InChI is InChI=1S/C12H10ClNO4/c1-6-3-7(11(13)10(4-6)17-2)9-5-8(12(15)16)14-18-9/h3-5H,1-2H3,(H,15,16). The molecule has 2 rings (SSSR count). The van der Waals surface area contributed by atoms with Crippen LogP contribution in [0.15, 0.2) is 22.7 Å². The van der Waals surface area contributed by atoms with Gasteiger partial charge < -0.3 is 14.4 Å². The highest BCUT2D eigenvalue weighted by molar-refractivity contribution is 6.34. The van der Waals surface area contributed by atoms with Crippen molar-refractivity contribution in [2.24, 2.45) is 0 Å². The van der Waals surface area contributed by atoms with E-state index in [9.17, 15) is 4.79 Å². The highest BCUT2D eigenvalue weighted by atomic mass is 35.5. The van der Waals surface area contributed by atoms with Crippen LogP contribution in [0, 0.1) is 6.92 Å². The third-order valence-electron chi connectivity index (χ3n) is 2.40. The third-order valence-corrected chi connectivity index (χ3v) is 2.79. The van der Waals surface area contributed by atoms with E-state index in [0.29, 0.717) is 22.1 Å². The molecule has 1 aromatic carbocycles. The number of halogens is 1. The molecule has 0 unspecified atom stereocenters. The van der Waals surface area contributed by atoms with Gasteiger partial charge in [0.1, 0.15) is 5.75 Å². The quantitative estimate of drug-likeness (QED) is 0.925. The smallest absolute Gasteiger partial charge is 0.358 e. The number of hydrogen-bond donors (Lipinski definition) is 1. The fourth-order valence-electron chi connectivity index (χ4n) is 1.57. The molecule has 0 fully saturated rings. The van der Waals surface area contributed by atoms with Gasteiger partial charge in [-0.1, -0.05) is 16.8 Å². The van der Waals surface area contributed by atoms with Crippen LogP contribution in [0.3, 0.4) is 0 Å². The first-order valence-corrected chi connectivity index (χ1v) is 5.45. The van der Waals surface area contributed by atoms with Crippen molar-refractivity contribution in [3.63, 3.8) is 0 Å². The normalized spacial score (nSPS) is 10.4. The fraction of sp³-hybridized carbons (Fsp3) is 0.167. The molecule has 1 heterocycles. The Bertz CT molecular complexity index is 606. The molecule has 5 nitrogen and oxygen atoms in total. The van der Waals surface area contributed by atoms with E-state index in [4.69, 9.17) is 26.0 Å². The van der Waals surface area contributed by atoms with Crippen molar-refractivity contribution >= 4 is 17.6 Å². The second-order valence-electron chi connectivity index (χ2n) is 3.71. The molecular weight excluding hydrogens is 258 g/mol. The van der Waals surface area contributed by atoms with Gasteiger partial charge in [-0.2, -0.15) is 0 Å². The zero-order valence-electron chi connectivity index (χ0n) is 9.73. The lowest BCUT2D eigenvalue weighted by atomic mass is 10.1. The monoisotopic (exact) mass is 267 g/mol. The Morgan fingerprint density at radius 2 is 2.17 bits per heavy atom. The van der Waals surface area contributed by atoms with Crippen LogP contribution in [0.2, 0.25) is 5.02 Å². The number of aromatic nitrogens is 1. The number of ether oxygens (including phenoxy) is 1. The van der Waals surface area contributed by atoms with Crippen LogP contribution in [0.1, 0.15) is 16.1 Å². The van der Waals surface area contributed by atoms with Gasteiger partial charge in [0, 0.05) is 11.6 Å². The summed E-state index contributed by atoms with van der Waals surface area (Å²) in [4.78, 5) is 10.7. The largest absolute Gasteiger partial charge is 0.495 e. The van der Waals surface area contributed by atoms with Crippen molar-refractivity contribution in [1.82, 2.24) is 5.16 Å². The van der Waals surface area contributed by atoms with Crippen molar-refractivity contribution in [1.29, 1.82) is 0 Å². The van der Waals surface area contributed by atoms with Gasteiger partial charge in [-0.25, -0.2) is 4.79 Å². The van der Waals surface area contributed by atoms with E-state index in [0.717, 1.165) is 5.56 Å². The zero-order valence-corrected chi connectivity index (χ0v) is 10.5. The molecule has 0 bridgehead atoms. The number of methoxy groups -OCH3 is 1. The molecule has 1 aromatic heterocycles. The van der Waals surface area contributed by atoms with Gasteiger partial charge in [-0.05, 0) is 24.6 Å². The molecule has 0 saturated heterocycles. The number of carboxylic acid groups (broad SMARTS) is 1. The molecule has 94 valence electrons. The van der Waals surface area contributed by atoms with Gasteiger partial charge in [-0.15, -0.1) is 0 Å². The van der Waals surface area contributed by atoms with Crippen LogP contribution >= 0.6 is 11.6 Å². The first kappa shape index (κ1) is 12.4. The summed E-state index contributed by atoms with van der Waals surface area (Å²) in [6, 6.07) is 4.87. The van der Waals surface area contributed by atoms with Crippen LogP contribution in [0.5, 0.6) is 5.75 Å². The van der Waals surface area contributed by atoms with E-state index in [1.54, 1.807) is 12.1 Å². The molecule has 1 N–H and O–H groups in total. The topological polar surface area (TPSA) is 72.6 Å². The predicted octanol–water partition coefficient (Wildman–Crippen LogP) is 3.01. The average Bonchev–Trinajstić information content (AvgIpc) is 2.81. The lowest BCUT2D eigenvalue weighted by Crippen LogP contribution is -1.94. The second-order valence-corrected chi connectivity index (χ2v) is 4.09. The molecule has 6 heteroatoms. The maximum Gasteiger partial charge on any atom is 0.358 e. The Labute approximate surface area is 108 Å². The number of aromatic carboxylic acids is 1. The van der Waals surface area contributed by atoms with Crippen molar-refractivity contribution < 1.29 is 19.2 Å². The fourth-order valence-corrected chi connectivity index (χ4v) is 1.85. The molecule has 0 aliphatic carbocycles. The molecule has 0 amide bonds. The third kappa shape index (κ3) is 2.17. The summed E-state index contributed by atoms with van der Waals surface area (Å²) in [5.74, 6) is -0.361. The number of rotatable bonds is 3. The Morgan fingerprint density at radius 3 is 2.72 bits per heavy atom. The number of aryl methyl sites for hydroxylation is 1. The van der Waals surface area contributed by atoms with E-state index in [2.05, 4.69) is 5.16 Å². The van der Waals surface area contributed by atoms with E-state index >= 15 is 0 Å². The molecule has 0 atom stereocenters. The van der Waals surface area contributed by atoms with Crippen LogP contribution in [0.4, 0.5) is 0 Å². The van der Waals surface area contributed by atoms with Gasteiger partial charge >= 0.3 is 5.97 Å². The summed E-state index contributed by atoms with van der Waals surface area (Å²) >= 11 is 6.14. The summed E-state index contributed by atoms with van der Waals surface area (Å²) in [6.45, 7) is 1.87. The van der Waals surface area contributed by atoms with Gasteiger partial charge in [0.25, 0.3) is 0 Å². The maximum absolute atomic E-state index is 10.7. The number of hydrogen-bond acceptors (Lipinski definition) is 4. The van der Waals surface area contributed by atoms with E-state index < -0.39 is 5.97 Å². The number of carbonyl (C=O) groups is 1. The van der Waals surface area contributed by atoms with Crippen LogP contribution in [-0.4, -0.2) is 23.3 Å². The lowest BCUT2D eigenvalue weighted by Gasteiger charge is -2.07. The molecule has 0 radical (unpaired) electrons.